The van der Waals surface area contributed by atoms with E-state index >= 15 is 0 Å². The van der Waals surface area contributed by atoms with Crippen molar-refractivity contribution in [2.24, 2.45) is 0 Å². The molecule has 0 bridgehead atoms. The zero-order chi connectivity index (χ0) is 10.6. The molecule has 1 atom stereocenters. The predicted molar refractivity (Wildman–Crippen MR) is 63.0 cm³/mol. The predicted octanol–water partition coefficient (Wildman–Crippen LogP) is 3.19. The number of hydrogen-bond acceptors (Lipinski definition) is 1. The average molecular weight is 212 g/mol. The van der Waals surface area contributed by atoms with E-state index < -0.39 is 0 Å². The van der Waals surface area contributed by atoms with E-state index in [-0.39, 0.29) is 0 Å². The van der Waals surface area contributed by atoms with Gasteiger partial charge in [-0.25, -0.2) is 0 Å². The van der Waals surface area contributed by atoms with Crippen LogP contribution >= 0.6 is 11.6 Å². The first-order chi connectivity index (χ1) is 6.63. The monoisotopic (exact) mass is 211 g/mol. The van der Waals surface area contributed by atoms with Crippen LogP contribution in [0.1, 0.15) is 24.5 Å². The Hall–Kier alpha value is -0.530. The van der Waals surface area contributed by atoms with E-state index in [0.29, 0.717) is 6.04 Å². The van der Waals surface area contributed by atoms with Crippen LogP contribution < -0.4 is 5.32 Å². The maximum atomic E-state index is 5.96. The Kier molecular flexibility index (Phi) is 4.43. The molecule has 1 nitrogen and oxygen atoms in total. The van der Waals surface area contributed by atoms with Gasteiger partial charge in [0.25, 0.3) is 0 Å². The van der Waals surface area contributed by atoms with Gasteiger partial charge in [-0.3, -0.25) is 0 Å². The summed E-state index contributed by atoms with van der Waals surface area (Å²) in [6.07, 6.45) is 2.28. The van der Waals surface area contributed by atoms with Crippen molar-refractivity contribution in [1.29, 1.82) is 0 Å². The van der Waals surface area contributed by atoms with Crippen molar-refractivity contribution < 1.29 is 0 Å². The molecule has 0 fully saturated rings. The van der Waals surface area contributed by atoms with Crippen LogP contribution in [0.25, 0.3) is 0 Å². The van der Waals surface area contributed by atoms with Gasteiger partial charge in [0.2, 0.25) is 0 Å². The largest absolute Gasteiger partial charge is 0.317 e. The van der Waals surface area contributed by atoms with Crippen molar-refractivity contribution in [2.45, 2.75) is 32.7 Å². The van der Waals surface area contributed by atoms with Crippen molar-refractivity contribution in [3.05, 3.63) is 34.3 Å². The standard InChI is InChI=1S/C12H18ClN/c1-9-8-11(6-7-12(9)13)5-4-10(2)14-3/h6-8,10,14H,4-5H2,1-3H3. The first-order valence-electron chi connectivity index (χ1n) is 5.05. The molecule has 1 unspecified atom stereocenters. The van der Waals surface area contributed by atoms with Gasteiger partial charge in [-0.05, 0) is 50.9 Å². The molecular weight excluding hydrogens is 194 g/mol. The van der Waals surface area contributed by atoms with E-state index in [1.54, 1.807) is 0 Å². The van der Waals surface area contributed by atoms with Crippen molar-refractivity contribution in [1.82, 2.24) is 5.32 Å². The highest BCUT2D eigenvalue weighted by molar-refractivity contribution is 6.31. The van der Waals surface area contributed by atoms with Gasteiger partial charge in [0.1, 0.15) is 0 Å². The van der Waals surface area contributed by atoms with Crippen molar-refractivity contribution in [3.63, 3.8) is 0 Å². The summed E-state index contributed by atoms with van der Waals surface area (Å²) in [5.41, 5.74) is 2.54. The molecule has 0 amide bonds. The maximum Gasteiger partial charge on any atom is 0.0435 e. The van der Waals surface area contributed by atoms with Crippen LogP contribution in [0.15, 0.2) is 18.2 Å². The van der Waals surface area contributed by atoms with Gasteiger partial charge < -0.3 is 5.32 Å². The van der Waals surface area contributed by atoms with Crippen molar-refractivity contribution >= 4 is 11.6 Å². The van der Waals surface area contributed by atoms with Gasteiger partial charge in [0.15, 0.2) is 0 Å². The van der Waals surface area contributed by atoms with Crippen LogP contribution in [0.2, 0.25) is 5.02 Å². The molecule has 0 spiro atoms. The van der Waals surface area contributed by atoms with Crippen LogP contribution in [0.5, 0.6) is 0 Å². The minimum absolute atomic E-state index is 0.575. The maximum absolute atomic E-state index is 5.96. The summed E-state index contributed by atoms with van der Waals surface area (Å²) in [6.45, 7) is 4.25. The van der Waals surface area contributed by atoms with Gasteiger partial charge in [-0.2, -0.15) is 0 Å². The third-order valence-corrected chi connectivity index (χ3v) is 3.01. The molecule has 0 saturated carbocycles. The molecule has 0 aliphatic carbocycles. The summed E-state index contributed by atoms with van der Waals surface area (Å²) < 4.78 is 0. The molecule has 0 radical (unpaired) electrons. The molecule has 1 aromatic carbocycles. The van der Waals surface area contributed by atoms with Crippen molar-refractivity contribution in [2.75, 3.05) is 7.05 Å². The summed E-state index contributed by atoms with van der Waals surface area (Å²) in [5, 5.41) is 4.09. The summed E-state index contributed by atoms with van der Waals surface area (Å²) in [4.78, 5) is 0. The quantitative estimate of drug-likeness (QED) is 0.807. The Labute approximate surface area is 91.5 Å². The highest BCUT2D eigenvalue weighted by atomic mass is 35.5. The Morgan fingerprint density at radius 1 is 1.43 bits per heavy atom. The lowest BCUT2D eigenvalue weighted by atomic mass is 10.0. The minimum atomic E-state index is 0.575. The summed E-state index contributed by atoms with van der Waals surface area (Å²) in [7, 11) is 2.00. The van der Waals surface area contributed by atoms with E-state index in [9.17, 15) is 0 Å². The normalized spacial score (nSPS) is 12.9. The number of benzene rings is 1. The SMILES string of the molecule is CNC(C)CCc1ccc(Cl)c(C)c1. The van der Waals surface area contributed by atoms with E-state index in [1.807, 2.05) is 20.0 Å². The zero-order valence-electron chi connectivity index (χ0n) is 9.10. The first-order valence-corrected chi connectivity index (χ1v) is 5.43. The summed E-state index contributed by atoms with van der Waals surface area (Å²) in [6, 6.07) is 6.84. The minimum Gasteiger partial charge on any atom is -0.317 e. The number of rotatable bonds is 4. The van der Waals surface area contributed by atoms with Crippen LogP contribution in [-0.4, -0.2) is 13.1 Å². The van der Waals surface area contributed by atoms with Crippen LogP contribution in [-0.2, 0) is 6.42 Å². The summed E-state index contributed by atoms with van der Waals surface area (Å²) in [5.74, 6) is 0. The van der Waals surface area contributed by atoms with E-state index in [2.05, 4.69) is 24.4 Å². The molecule has 78 valence electrons. The fourth-order valence-electron chi connectivity index (χ4n) is 1.39. The highest BCUT2D eigenvalue weighted by Gasteiger charge is 2.01. The molecule has 0 heterocycles. The van der Waals surface area contributed by atoms with Crippen LogP contribution in [0.4, 0.5) is 0 Å². The van der Waals surface area contributed by atoms with E-state index in [1.165, 1.54) is 11.1 Å². The molecule has 0 saturated heterocycles. The Bertz CT molecular complexity index is 296. The average Bonchev–Trinajstić information content (AvgIpc) is 2.19. The van der Waals surface area contributed by atoms with Gasteiger partial charge in [-0.15, -0.1) is 0 Å². The molecule has 1 N–H and O–H groups in total. The highest BCUT2D eigenvalue weighted by Crippen LogP contribution is 2.17. The second-order valence-corrected chi connectivity index (χ2v) is 4.22. The lowest BCUT2D eigenvalue weighted by Gasteiger charge is -2.10. The van der Waals surface area contributed by atoms with Gasteiger partial charge in [0, 0.05) is 11.1 Å². The molecule has 14 heavy (non-hydrogen) atoms. The van der Waals surface area contributed by atoms with Crippen molar-refractivity contribution in [3.8, 4) is 0 Å². The van der Waals surface area contributed by atoms with Gasteiger partial charge in [-0.1, -0.05) is 23.7 Å². The van der Waals surface area contributed by atoms with Gasteiger partial charge >= 0.3 is 0 Å². The molecule has 1 rings (SSSR count). The number of aryl methyl sites for hydroxylation is 2. The zero-order valence-corrected chi connectivity index (χ0v) is 9.86. The smallest absolute Gasteiger partial charge is 0.0435 e. The Morgan fingerprint density at radius 2 is 2.14 bits per heavy atom. The lowest BCUT2D eigenvalue weighted by molar-refractivity contribution is 0.565. The fourth-order valence-corrected chi connectivity index (χ4v) is 1.51. The number of nitrogens with one attached hydrogen (secondary N) is 1. The third-order valence-electron chi connectivity index (χ3n) is 2.58. The number of halogens is 1. The molecule has 0 aliphatic rings. The lowest BCUT2D eigenvalue weighted by Crippen LogP contribution is -2.21. The van der Waals surface area contributed by atoms with Crippen LogP contribution in [0, 0.1) is 6.92 Å². The Morgan fingerprint density at radius 3 is 2.71 bits per heavy atom. The Balaban J connectivity index is 2.55. The van der Waals surface area contributed by atoms with Crippen LogP contribution in [0.3, 0.4) is 0 Å². The fraction of sp³-hybridized carbons (Fsp3) is 0.500. The molecule has 2 heteroatoms. The topological polar surface area (TPSA) is 12.0 Å². The molecule has 0 aromatic heterocycles. The molecular formula is C12H18ClN. The third kappa shape index (κ3) is 3.32. The van der Waals surface area contributed by atoms with Gasteiger partial charge in [0.05, 0.1) is 0 Å². The molecule has 1 aromatic rings. The van der Waals surface area contributed by atoms with E-state index in [4.69, 9.17) is 11.6 Å². The first kappa shape index (κ1) is 11.5. The second-order valence-electron chi connectivity index (χ2n) is 3.81. The van der Waals surface area contributed by atoms with E-state index in [0.717, 1.165) is 17.9 Å². The number of hydrogen-bond donors (Lipinski definition) is 1. The summed E-state index contributed by atoms with van der Waals surface area (Å²) >= 11 is 5.96. The second kappa shape index (κ2) is 5.38. The molecule has 0 aliphatic heterocycles.